The summed E-state index contributed by atoms with van der Waals surface area (Å²) in [6.07, 6.45) is -2.48. The van der Waals surface area contributed by atoms with Gasteiger partial charge in [0.05, 0.1) is 19.4 Å². The lowest BCUT2D eigenvalue weighted by Crippen LogP contribution is -2.50. The van der Waals surface area contributed by atoms with Crippen LogP contribution in [0.3, 0.4) is 0 Å². The minimum absolute atomic E-state index is 0.0826. The van der Waals surface area contributed by atoms with Crippen molar-refractivity contribution in [3.05, 3.63) is 60.0 Å². The third-order valence-corrected chi connectivity index (χ3v) is 7.39. The number of fused-ring (bicyclic) bond motifs is 1. The zero-order valence-electron chi connectivity index (χ0n) is 20.9. The number of carbonyl (C=O) groups excluding carboxylic acids is 1. The zero-order chi connectivity index (χ0) is 27.9. The van der Waals surface area contributed by atoms with Crippen LogP contribution >= 0.6 is 7.75 Å². The highest BCUT2D eigenvalue weighted by atomic mass is 31.2. The van der Waals surface area contributed by atoms with Gasteiger partial charge in [0.15, 0.2) is 5.82 Å². The van der Waals surface area contributed by atoms with Crippen LogP contribution in [0.1, 0.15) is 24.3 Å². The molecule has 0 bridgehead atoms. The van der Waals surface area contributed by atoms with E-state index in [9.17, 15) is 24.8 Å². The predicted octanol–water partition coefficient (Wildman–Crippen LogP) is 1.11. The number of nitriles is 1. The monoisotopic (exact) mass is 548 g/mol. The van der Waals surface area contributed by atoms with Crippen molar-refractivity contribution in [2.75, 3.05) is 26.6 Å². The number of nitrogens with two attached hydrogens (primary N) is 1. The van der Waals surface area contributed by atoms with E-state index in [1.807, 2.05) is 0 Å². The molecule has 0 amide bonds. The second-order valence-corrected chi connectivity index (χ2v) is 9.97. The van der Waals surface area contributed by atoms with Gasteiger partial charge < -0.3 is 25.4 Å². The number of rotatable bonds is 13. The van der Waals surface area contributed by atoms with Crippen molar-refractivity contribution in [3.63, 3.8) is 0 Å². The number of aliphatic hydroxyl groups is 2. The van der Waals surface area contributed by atoms with Crippen LogP contribution in [0.15, 0.2) is 48.8 Å². The first kappa shape index (κ1) is 29.2. The van der Waals surface area contributed by atoms with Gasteiger partial charge in [-0.15, -0.1) is 0 Å². The van der Waals surface area contributed by atoms with E-state index in [0.717, 1.165) is 20.5 Å². The Bertz CT molecular complexity index is 1330. The maximum absolute atomic E-state index is 13.6. The minimum Gasteiger partial charge on any atom is -0.468 e. The molecule has 1 aromatic carbocycles. The number of nitrogen functional groups attached to an aromatic ring is 1. The van der Waals surface area contributed by atoms with Crippen molar-refractivity contribution >= 4 is 25.1 Å². The van der Waals surface area contributed by atoms with Crippen molar-refractivity contribution in [2.45, 2.75) is 37.4 Å². The van der Waals surface area contributed by atoms with Crippen molar-refractivity contribution in [3.8, 4) is 6.07 Å². The highest BCUT2D eigenvalue weighted by molar-refractivity contribution is 7.51. The van der Waals surface area contributed by atoms with Crippen molar-refractivity contribution in [1.29, 1.82) is 5.26 Å². The Morgan fingerprint density at radius 2 is 1.95 bits per heavy atom. The van der Waals surface area contributed by atoms with Crippen LogP contribution in [0.5, 0.6) is 0 Å². The molecule has 2 aromatic heterocycles. The molecule has 14 nitrogen and oxygen atoms in total. The SMILES string of the molecule is COC(=O)[C@H](C)NP(=O)(OCc1ccccc1)OC[C@@](C#N)(OC)[C@@H](O)[C@@H](O)c1ccc2c(N)ncnn12. The molecule has 0 spiro atoms. The fraction of sp³-hybridized carbons (Fsp3) is 0.391. The maximum Gasteiger partial charge on any atom is 0.406 e. The average Bonchev–Trinajstić information content (AvgIpc) is 3.38. The Balaban J connectivity index is 1.85. The molecule has 2 heterocycles. The Kier molecular flexibility index (Phi) is 9.53. The molecule has 0 saturated heterocycles. The molecule has 0 radical (unpaired) electrons. The second-order valence-electron chi connectivity index (χ2n) is 8.20. The number of esters is 1. The molecular weight excluding hydrogens is 519 g/mol. The summed E-state index contributed by atoms with van der Waals surface area (Å²) >= 11 is 0. The molecule has 1 unspecified atom stereocenters. The van der Waals surface area contributed by atoms with Crippen LogP contribution < -0.4 is 10.8 Å². The molecule has 38 heavy (non-hydrogen) atoms. The highest BCUT2D eigenvalue weighted by Gasteiger charge is 2.47. The molecule has 3 aromatic rings. The third-order valence-electron chi connectivity index (χ3n) is 5.74. The summed E-state index contributed by atoms with van der Waals surface area (Å²) in [5.74, 6) is -0.607. The zero-order valence-corrected chi connectivity index (χ0v) is 21.8. The van der Waals surface area contributed by atoms with Gasteiger partial charge in [-0.2, -0.15) is 10.4 Å². The fourth-order valence-electron chi connectivity index (χ4n) is 3.52. The first-order valence-electron chi connectivity index (χ1n) is 11.3. The van der Waals surface area contributed by atoms with E-state index >= 15 is 0 Å². The second kappa shape index (κ2) is 12.4. The van der Waals surface area contributed by atoms with Crippen LogP contribution in [0, 0.1) is 11.3 Å². The Morgan fingerprint density at radius 1 is 1.24 bits per heavy atom. The first-order chi connectivity index (χ1) is 18.1. The molecule has 0 fully saturated rings. The van der Waals surface area contributed by atoms with E-state index in [4.69, 9.17) is 19.5 Å². The van der Waals surface area contributed by atoms with Crippen LogP contribution in [0.2, 0.25) is 0 Å². The first-order valence-corrected chi connectivity index (χ1v) is 12.8. The van der Waals surface area contributed by atoms with Crippen molar-refractivity contribution < 1.29 is 38.1 Å². The van der Waals surface area contributed by atoms with Crippen LogP contribution in [0.25, 0.3) is 5.52 Å². The summed E-state index contributed by atoms with van der Waals surface area (Å²) in [6.45, 7) is 0.380. The number of benzene rings is 1. The van der Waals surface area contributed by atoms with Gasteiger partial charge in [0.2, 0.25) is 5.60 Å². The quantitative estimate of drug-likeness (QED) is 0.175. The predicted molar refractivity (Wildman–Crippen MR) is 133 cm³/mol. The molecule has 0 saturated carbocycles. The lowest BCUT2D eigenvalue weighted by atomic mass is 9.93. The summed E-state index contributed by atoms with van der Waals surface area (Å²) < 4.78 is 35.8. The lowest BCUT2D eigenvalue weighted by molar-refractivity contribution is -0.142. The molecule has 3 rings (SSSR count). The summed E-state index contributed by atoms with van der Waals surface area (Å²) in [5, 5.41) is 38.4. The fourth-order valence-corrected chi connectivity index (χ4v) is 5.00. The molecule has 0 aliphatic carbocycles. The van der Waals surface area contributed by atoms with Gasteiger partial charge >= 0.3 is 13.7 Å². The lowest BCUT2D eigenvalue weighted by Gasteiger charge is -2.33. The molecular formula is C23H29N6O8P. The summed E-state index contributed by atoms with van der Waals surface area (Å²) in [7, 11) is -2.06. The van der Waals surface area contributed by atoms with E-state index in [1.165, 1.54) is 23.6 Å². The van der Waals surface area contributed by atoms with Gasteiger partial charge in [0.1, 0.15) is 42.8 Å². The molecule has 15 heteroatoms. The van der Waals surface area contributed by atoms with Gasteiger partial charge in [0.25, 0.3) is 0 Å². The maximum atomic E-state index is 13.6. The van der Waals surface area contributed by atoms with E-state index in [1.54, 1.807) is 36.4 Å². The van der Waals surface area contributed by atoms with Crippen LogP contribution in [-0.4, -0.2) is 69.4 Å². The van der Waals surface area contributed by atoms with Crippen molar-refractivity contribution in [2.24, 2.45) is 0 Å². The normalized spacial score (nSPS) is 17.1. The molecule has 204 valence electrons. The standard InChI is InChI=1S/C23H29N6O8P/c1-15(22(32)34-2)28-38(33,36-11-16-7-5-4-6-8-16)37-13-23(12-24,35-3)20(31)19(30)17-9-10-18-21(25)26-14-27-29(17)18/h4-10,14-15,19-20,30-31H,11,13H2,1-3H3,(H,28,33)(H2,25,26,27)/t15-,19-,20-,23+,38?/m0/s1. The minimum atomic E-state index is -4.32. The van der Waals surface area contributed by atoms with E-state index < -0.39 is 44.2 Å². The largest absolute Gasteiger partial charge is 0.468 e. The Labute approximate surface area is 218 Å². The van der Waals surface area contributed by atoms with Crippen molar-refractivity contribution in [1.82, 2.24) is 19.7 Å². The highest BCUT2D eigenvalue weighted by Crippen LogP contribution is 2.47. The smallest absolute Gasteiger partial charge is 0.406 e. The summed E-state index contributed by atoms with van der Waals surface area (Å²) in [6, 6.07) is 12.4. The third kappa shape index (κ3) is 6.35. The van der Waals surface area contributed by atoms with Crippen LogP contribution in [-0.2, 0) is 34.5 Å². The van der Waals surface area contributed by atoms with Gasteiger partial charge in [-0.1, -0.05) is 30.3 Å². The van der Waals surface area contributed by atoms with Gasteiger partial charge in [0, 0.05) is 7.11 Å². The summed E-state index contributed by atoms with van der Waals surface area (Å²) in [4.78, 5) is 15.8. The Hall–Kier alpha value is -3.41. The van der Waals surface area contributed by atoms with E-state index in [0.29, 0.717) is 11.1 Å². The molecule has 5 N–H and O–H groups in total. The number of aromatic nitrogens is 3. The number of nitrogens with one attached hydrogen (secondary N) is 1. The number of hydrogen-bond donors (Lipinski definition) is 4. The van der Waals surface area contributed by atoms with Crippen LogP contribution in [0.4, 0.5) is 5.82 Å². The number of carbonyl (C=O) groups is 1. The van der Waals surface area contributed by atoms with Gasteiger partial charge in [-0.25, -0.2) is 19.2 Å². The Morgan fingerprint density at radius 3 is 2.58 bits per heavy atom. The number of nitrogens with zero attached hydrogens (tertiary/aromatic N) is 4. The summed E-state index contributed by atoms with van der Waals surface area (Å²) in [5.41, 5.74) is 4.69. The van der Waals surface area contributed by atoms with E-state index in [2.05, 4.69) is 19.9 Å². The number of ether oxygens (including phenoxy) is 2. The van der Waals surface area contributed by atoms with Gasteiger partial charge in [-0.3, -0.25) is 13.8 Å². The average molecular weight is 548 g/mol. The van der Waals surface area contributed by atoms with E-state index in [-0.39, 0.29) is 18.1 Å². The number of methoxy groups -OCH3 is 2. The molecule has 0 aliphatic rings. The van der Waals surface area contributed by atoms with Gasteiger partial charge in [-0.05, 0) is 24.6 Å². The number of hydrogen-bond acceptors (Lipinski definition) is 12. The molecule has 5 atom stereocenters. The number of anilines is 1. The topological polar surface area (TPSA) is 204 Å². The molecule has 0 aliphatic heterocycles. The number of aliphatic hydroxyl groups excluding tert-OH is 2.